The Kier molecular flexibility index (Phi) is 10.7. The Labute approximate surface area is 128 Å². The number of carbonyl (C=O) groups excluding carboxylic acids is 1. The molecule has 1 heterocycles. The first kappa shape index (κ1) is 19.0. The van der Waals surface area contributed by atoms with E-state index >= 15 is 0 Å². The molecular weight excluding hydrogens is 285 g/mol. The molecule has 0 unspecified atom stereocenters. The smallest absolute Gasteiger partial charge is 0.225 e. The van der Waals surface area contributed by atoms with Crippen LogP contribution in [-0.4, -0.2) is 38.1 Å². The highest BCUT2D eigenvalue weighted by atomic mass is 35.5. The van der Waals surface area contributed by atoms with Crippen LogP contribution in [0, 0.1) is 5.92 Å². The second kappa shape index (κ2) is 10.7. The minimum Gasteiger partial charge on any atom is -0.355 e. The molecule has 19 heavy (non-hydrogen) atoms. The van der Waals surface area contributed by atoms with E-state index in [0.717, 1.165) is 26.2 Å². The molecule has 114 valence electrons. The summed E-state index contributed by atoms with van der Waals surface area (Å²) in [6.07, 6.45) is 8.11. The Morgan fingerprint density at radius 3 is 2.16 bits per heavy atom. The number of rotatable bonds is 5. The fourth-order valence-corrected chi connectivity index (χ4v) is 2.56. The van der Waals surface area contributed by atoms with Crippen molar-refractivity contribution in [2.45, 2.75) is 44.6 Å². The monoisotopic (exact) mass is 311 g/mol. The summed E-state index contributed by atoms with van der Waals surface area (Å²) >= 11 is 0. The lowest BCUT2D eigenvalue weighted by atomic mass is 10.0. The number of carbonyl (C=O) groups is 1. The van der Waals surface area contributed by atoms with Gasteiger partial charge >= 0.3 is 0 Å². The lowest BCUT2D eigenvalue weighted by molar-refractivity contribution is -0.126. The highest BCUT2D eigenvalue weighted by molar-refractivity contribution is 5.85. The van der Waals surface area contributed by atoms with Gasteiger partial charge in [-0.1, -0.05) is 25.7 Å². The van der Waals surface area contributed by atoms with Crippen LogP contribution in [0.4, 0.5) is 0 Å². The van der Waals surface area contributed by atoms with Gasteiger partial charge in [0.15, 0.2) is 0 Å². The molecule has 2 rings (SSSR count). The summed E-state index contributed by atoms with van der Waals surface area (Å²) in [7, 11) is 0. The molecule has 0 spiro atoms. The summed E-state index contributed by atoms with van der Waals surface area (Å²) in [6.45, 7) is 3.38. The molecule has 1 aliphatic carbocycles. The Balaban J connectivity index is 0.00000162. The Morgan fingerprint density at radius 1 is 1.00 bits per heavy atom. The van der Waals surface area contributed by atoms with Crippen molar-refractivity contribution in [1.29, 1.82) is 0 Å². The van der Waals surface area contributed by atoms with Gasteiger partial charge in [0.1, 0.15) is 0 Å². The average molecular weight is 312 g/mol. The Bertz CT molecular complexity index is 242. The molecule has 1 aliphatic heterocycles. The molecule has 6 heteroatoms. The largest absolute Gasteiger partial charge is 0.355 e. The number of hydrogen-bond acceptors (Lipinski definition) is 3. The molecule has 4 nitrogen and oxygen atoms in total. The van der Waals surface area contributed by atoms with Crippen molar-refractivity contribution in [3.8, 4) is 0 Å². The van der Waals surface area contributed by atoms with Gasteiger partial charge in [-0.2, -0.15) is 0 Å². The van der Waals surface area contributed by atoms with Crippen LogP contribution in [-0.2, 0) is 4.79 Å². The van der Waals surface area contributed by atoms with Gasteiger partial charge in [0, 0.05) is 32.2 Å². The average Bonchev–Trinajstić information content (AvgIpc) is 2.50. The fourth-order valence-electron chi connectivity index (χ4n) is 2.56. The van der Waals surface area contributed by atoms with Gasteiger partial charge in [0.05, 0.1) is 5.92 Å². The van der Waals surface area contributed by atoms with Crippen molar-refractivity contribution in [2.24, 2.45) is 5.92 Å². The van der Waals surface area contributed by atoms with Gasteiger partial charge < -0.3 is 16.0 Å². The van der Waals surface area contributed by atoms with Crippen LogP contribution in [0.1, 0.15) is 38.5 Å². The highest BCUT2D eigenvalue weighted by Gasteiger charge is 2.24. The number of nitrogens with one attached hydrogen (secondary N) is 3. The topological polar surface area (TPSA) is 53.2 Å². The fraction of sp³-hybridized carbons (Fsp3) is 0.923. The standard InChI is InChI=1S/C13H25N3O.2ClH/c17-13(11-9-14-10-11)16-8-7-15-12-5-3-1-2-4-6-12;;/h11-12,14-15H,1-10H2,(H,16,17);2*1H. The van der Waals surface area contributed by atoms with Crippen molar-refractivity contribution in [2.75, 3.05) is 26.2 Å². The summed E-state index contributed by atoms with van der Waals surface area (Å²) in [5, 5.41) is 9.67. The first-order chi connectivity index (χ1) is 8.36. The van der Waals surface area contributed by atoms with Crippen LogP contribution in [0.3, 0.4) is 0 Å². The second-order valence-corrected chi connectivity index (χ2v) is 5.29. The van der Waals surface area contributed by atoms with Crippen molar-refractivity contribution in [3.63, 3.8) is 0 Å². The number of amides is 1. The maximum absolute atomic E-state index is 11.6. The third-order valence-electron chi connectivity index (χ3n) is 3.86. The lowest BCUT2D eigenvalue weighted by Gasteiger charge is -2.26. The first-order valence-electron chi connectivity index (χ1n) is 7.08. The predicted molar refractivity (Wildman–Crippen MR) is 83.4 cm³/mol. The van der Waals surface area contributed by atoms with E-state index in [9.17, 15) is 4.79 Å². The normalized spacial score (nSPS) is 20.4. The van der Waals surface area contributed by atoms with Crippen LogP contribution < -0.4 is 16.0 Å². The second-order valence-electron chi connectivity index (χ2n) is 5.29. The molecule has 1 saturated heterocycles. The van der Waals surface area contributed by atoms with E-state index in [1.54, 1.807) is 0 Å². The van der Waals surface area contributed by atoms with Crippen LogP contribution in [0.5, 0.6) is 0 Å². The maximum Gasteiger partial charge on any atom is 0.225 e. The molecule has 2 fully saturated rings. The molecule has 1 amide bonds. The molecular formula is C13H27Cl2N3O. The van der Waals surface area contributed by atoms with Crippen LogP contribution in [0.2, 0.25) is 0 Å². The van der Waals surface area contributed by atoms with Crippen molar-refractivity contribution in [1.82, 2.24) is 16.0 Å². The first-order valence-corrected chi connectivity index (χ1v) is 7.08. The quantitative estimate of drug-likeness (QED) is 0.532. The van der Waals surface area contributed by atoms with Crippen LogP contribution in [0.15, 0.2) is 0 Å². The third kappa shape index (κ3) is 6.80. The zero-order valence-corrected chi connectivity index (χ0v) is 13.1. The van der Waals surface area contributed by atoms with Crippen molar-refractivity contribution < 1.29 is 4.79 Å². The maximum atomic E-state index is 11.6. The van der Waals surface area contributed by atoms with Gasteiger partial charge in [0.25, 0.3) is 0 Å². The molecule has 2 aliphatic rings. The van der Waals surface area contributed by atoms with E-state index in [1.807, 2.05) is 0 Å². The Morgan fingerprint density at radius 2 is 1.63 bits per heavy atom. The van der Waals surface area contributed by atoms with Crippen LogP contribution >= 0.6 is 24.8 Å². The molecule has 3 N–H and O–H groups in total. The zero-order chi connectivity index (χ0) is 11.9. The van der Waals surface area contributed by atoms with Gasteiger partial charge in [-0.25, -0.2) is 0 Å². The number of halogens is 2. The Hall–Kier alpha value is -0.0300. The summed E-state index contributed by atoms with van der Waals surface area (Å²) in [4.78, 5) is 11.6. The molecule has 0 aromatic carbocycles. The van der Waals surface area contributed by atoms with E-state index in [2.05, 4.69) is 16.0 Å². The number of hydrogen-bond donors (Lipinski definition) is 3. The van der Waals surface area contributed by atoms with E-state index in [4.69, 9.17) is 0 Å². The molecule has 0 bridgehead atoms. The van der Waals surface area contributed by atoms with Crippen molar-refractivity contribution >= 4 is 30.7 Å². The lowest BCUT2D eigenvalue weighted by Crippen LogP contribution is -2.51. The van der Waals surface area contributed by atoms with E-state index in [-0.39, 0.29) is 36.6 Å². The summed E-state index contributed by atoms with van der Waals surface area (Å²) in [5.74, 6) is 0.430. The van der Waals surface area contributed by atoms with Gasteiger partial charge in [-0.15, -0.1) is 24.8 Å². The van der Waals surface area contributed by atoms with Gasteiger partial charge in [0.2, 0.25) is 5.91 Å². The zero-order valence-electron chi connectivity index (χ0n) is 11.5. The van der Waals surface area contributed by atoms with E-state index < -0.39 is 0 Å². The predicted octanol–water partition coefficient (Wildman–Crippen LogP) is 1.48. The van der Waals surface area contributed by atoms with Gasteiger partial charge in [-0.05, 0) is 12.8 Å². The minimum absolute atomic E-state index is 0. The molecule has 0 aromatic heterocycles. The molecule has 1 saturated carbocycles. The minimum atomic E-state index is 0. The molecule has 0 atom stereocenters. The summed E-state index contributed by atoms with van der Waals surface area (Å²) in [5.41, 5.74) is 0. The van der Waals surface area contributed by atoms with E-state index in [1.165, 1.54) is 38.5 Å². The SMILES string of the molecule is Cl.Cl.O=C(NCCNC1CCCCCC1)C1CNC1. The van der Waals surface area contributed by atoms with Crippen LogP contribution in [0.25, 0.3) is 0 Å². The summed E-state index contributed by atoms with van der Waals surface area (Å²) in [6, 6.07) is 0.680. The third-order valence-corrected chi connectivity index (χ3v) is 3.86. The molecule has 0 aromatic rings. The van der Waals surface area contributed by atoms with E-state index in [0.29, 0.717) is 6.04 Å². The summed E-state index contributed by atoms with van der Waals surface area (Å²) < 4.78 is 0. The molecule has 0 radical (unpaired) electrons. The van der Waals surface area contributed by atoms with Gasteiger partial charge in [-0.3, -0.25) is 4.79 Å². The van der Waals surface area contributed by atoms with Crippen molar-refractivity contribution in [3.05, 3.63) is 0 Å². The highest BCUT2D eigenvalue weighted by Crippen LogP contribution is 2.16.